The maximum Gasteiger partial charge on any atom is 0.294 e. The Morgan fingerprint density at radius 1 is 1.09 bits per heavy atom. The minimum absolute atomic E-state index is 0.109. The van der Waals surface area contributed by atoms with Crippen molar-refractivity contribution in [2.75, 3.05) is 40.4 Å². The van der Waals surface area contributed by atoms with Gasteiger partial charge in [0.1, 0.15) is 36.1 Å². The summed E-state index contributed by atoms with van der Waals surface area (Å²) in [5.74, 6) is -9.77. The number of nitrogens with one attached hydrogen (secondary N) is 1. The van der Waals surface area contributed by atoms with Crippen LogP contribution < -0.4 is 5.32 Å². The number of rotatable bonds is 12. The molecule has 3 aliphatic rings. The summed E-state index contributed by atoms with van der Waals surface area (Å²) in [6.07, 6.45) is -2.88. The predicted molar refractivity (Wildman–Crippen MR) is 156 cm³/mol. The first-order chi connectivity index (χ1) is 22.0. The van der Waals surface area contributed by atoms with E-state index in [4.69, 9.17) is 0 Å². The van der Waals surface area contributed by atoms with Crippen LogP contribution in [-0.2, 0) is 24.1 Å². The molecule has 1 saturated carbocycles. The molecule has 3 aliphatic carbocycles. The predicted octanol–water partition coefficient (Wildman–Crippen LogP) is -0.809. The minimum Gasteiger partial charge on any atom is -0.508 e. The smallest absolute Gasteiger partial charge is 0.294 e. The second-order valence-electron chi connectivity index (χ2n) is 11.7. The molecule has 1 amide bonds. The van der Waals surface area contributed by atoms with E-state index in [0.717, 1.165) is 0 Å². The molecule has 19 heteroatoms. The number of ketones is 2. The summed E-state index contributed by atoms with van der Waals surface area (Å²) in [5, 5.41) is 78.4. The Balaban J connectivity index is 1.77. The second kappa shape index (κ2) is 13.1. The normalized spacial score (nSPS) is 27.6. The topological polar surface area (TPSA) is 276 Å². The van der Waals surface area contributed by atoms with Crippen molar-refractivity contribution in [1.82, 2.24) is 15.1 Å². The number of hydrogen-bond donors (Lipinski definition) is 6. The van der Waals surface area contributed by atoms with Gasteiger partial charge in [0, 0.05) is 24.6 Å². The van der Waals surface area contributed by atoms with E-state index >= 15 is 0 Å². The Morgan fingerprint density at radius 3 is 2.19 bits per heavy atom. The number of phenols is 1. The summed E-state index contributed by atoms with van der Waals surface area (Å²) in [6, 6.07) is 2.81. The standard InChI is InChI=1S/C28H35N5O14/c1-12-14-6-5-7-15(34)17(14)22(35)18-16(12)23(36)20-21(30(3)4)24(37)19(26(39)28(20,41)25(18)38)27(40)29-13(2)31(8-10-46-32(42)43)9-11-47-33(44)45/h5-7,12-13,16,20-21,23,34-36,39,41H,8-11H2,1-4H3,(H,29,40)/t12-,13?,16+,20+,21-,23-,28-/m0/s1. The Bertz CT molecular complexity index is 1540. The van der Waals surface area contributed by atoms with Crippen molar-refractivity contribution in [2.24, 2.45) is 11.8 Å². The number of fused-ring (bicyclic) bond motifs is 3. The van der Waals surface area contributed by atoms with E-state index in [2.05, 4.69) is 15.0 Å². The van der Waals surface area contributed by atoms with Gasteiger partial charge in [0.15, 0.2) is 11.4 Å². The number of phenolic OH excluding ortho intramolecular Hbond substituents is 1. The third kappa shape index (κ3) is 5.93. The van der Waals surface area contributed by atoms with Crippen LogP contribution in [0.5, 0.6) is 5.75 Å². The number of benzene rings is 1. The fourth-order valence-corrected chi connectivity index (χ4v) is 6.88. The van der Waals surface area contributed by atoms with Gasteiger partial charge < -0.3 is 40.5 Å². The van der Waals surface area contributed by atoms with Crippen molar-refractivity contribution < 1.29 is 59.8 Å². The number of nitrogens with zero attached hydrogens (tertiary/aromatic N) is 4. The van der Waals surface area contributed by atoms with E-state index < -0.39 is 105 Å². The molecule has 4 rings (SSSR count). The van der Waals surface area contributed by atoms with E-state index in [1.165, 1.54) is 43.0 Å². The highest BCUT2D eigenvalue weighted by molar-refractivity contribution is 6.25. The molecular formula is C28H35N5O14. The fourth-order valence-electron chi connectivity index (χ4n) is 6.88. The molecule has 0 heterocycles. The lowest BCUT2D eigenvalue weighted by Crippen LogP contribution is -2.70. The lowest BCUT2D eigenvalue weighted by Gasteiger charge is -2.53. The number of hydrogen-bond acceptors (Lipinski definition) is 16. The van der Waals surface area contributed by atoms with Gasteiger partial charge in [-0.3, -0.25) is 24.2 Å². The SMILES string of the molecule is CC(NC(=O)C1=C(O)[C@@]2(O)C(=O)C3=C(O)c4c(O)cccc4[C@H](C)[C@H]3[C@H](O)[C@H]2[C@H](N(C)C)C1=O)N(CCO[N+](=O)[O-])CCO[N+](=O)[O-]. The van der Waals surface area contributed by atoms with Crippen LogP contribution >= 0.6 is 0 Å². The number of likely N-dealkylation sites (N-methyl/N-ethyl adjacent to an activating group) is 1. The molecule has 1 aromatic rings. The van der Waals surface area contributed by atoms with Crippen LogP contribution in [-0.4, -0.2) is 127 Å². The van der Waals surface area contributed by atoms with Crippen LogP contribution in [0, 0.1) is 32.1 Å². The van der Waals surface area contributed by atoms with Gasteiger partial charge in [-0.15, -0.1) is 20.2 Å². The first-order valence-electron chi connectivity index (χ1n) is 14.4. The first-order valence-corrected chi connectivity index (χ1v) is 14.4. The van der Waals surface area contributed by atoms with E-state index in [-0.39, 0.29) is 24.4 Å². The molecule has 0 radical (unpaired) electrons. The van der Waals surface area contributed by atoms with Crippen molar-refractivity contribution in [3.63, 3.8) is 0 Å². The highest BCUT2D eigenvalue weighted by Gasteiger charge is 2.68. The van der Waals surface area contributed by atoms with Gasteiger partial charge in [-0.25, -0.2) is 0 Å². The van der Waals surface area contributed by atoms with E-state index in [0.29, 0.717) is 5.56 Å². The number of carbonyl (C=O) groups is 3. The van der Waals surface area contributed by atoms with Gasteiger partial charge in [0.25, 0.3) is 16.1 Å². The summed E-state index contributed by atoms with van der Waals surface area (Å²) in [7, 11) is 2.79. The van der Waals surface area contributed by atoms with Crippen molar-refractivity contribution in [3.05, 3.63) is 66.5 Å². The van der Waals surface area contributed by atoms with E-state index in [1.54, 1.807) is 13.0 Å². The molecule has 1 unspecified atom stereocenters. The van der Waals surface area contributed by atoms with Gasteiger partial charge in [-0.1, -0.05) is 19.1 Å². The fraction of sp³-hybridized carbons (Fsp3) is 0.536. The van der Waals surface area contributed by atoms with E-state index in [9.17, 15) is 60.1 Å². The van der Waals surface area contributed by atoms with Gasteiger partial charge in [0.2, 0.25) is 5.78 Å². The van der Waals surface area contributed by atoms with Gasteiger partial charge in [-0.05, 0) is 38.6 Å². The van der Waals surface area contributed by atoms with Crippen molar-refractivity contribution in [2.45, 2.75) is 43.7 Å². The summed E-state index contributed by atoms with van der Waals surface area (Å²) in [5.41, 5.74) is -4.36. The molecule has 19 nitrogen and oxygen atoms in total. The number of aromatic hydroxyl groups is 1. The summed E-state index contributed by atoms with van der Waals surface area (Å²) in [4.78, 5) is 74.0. The maximum atomic E-state index is 14.2. The Labute approximate surface area is 266 Å². The lowest BCUT2D eigenvalue weighted by atomic mass is 9.54. The molecule has 0 saturated heterocycles. The number of aliphatic hydroxyl groups excluding tert-OH is 3. The van der Waals surface area contributed by atoms with Crippen molar-refractivity contribution in [1.29, 1.82) is 0 Å². The number of carbonyl (C=O) groups excluding carboxylic acids is 3. The largest absolute Gasteiger partial charge is 0.508 e. The molecule has 1 fully saturated rings. The second-order valence-corrected chi connectivity index (χ2v) is 11.7. The zero-order valence-corrected chi connectivity index (χ0v) is 25.7. The van der Waals surface area contributed by atoms with Gasteiger partial charge in [0.05, 0.1) is 29.8 Å². The van der Waals surface area contributed by atoms with Crippen LogP contribution in [0.25, 0.3) is 5.76 Å². The summed E-state index contributed by atoms with van der Waals surface area (Å²) >= 11 is 0. The molecule has 7 atom stereocenters. The third-order valence-corrected chi connectivity index (χ3v) is 9.01. The number of aliphatic hydroxyl groups is 4. The highest BCUT2D eigenvalue weighted by atomic mass is 17.0. The highest BCUT2D eigenvalue weighted by Crippen LogP contribution is 2.56. The molecule has 1 aromatic carbocycles. The molecule has 0 bridgehead atoms. The monoisotopic (exact) mass is 665 g/mol. The zero-order valence-electron chi connectivity index (χ0n) is 25.7. The molecule has 0 aliphatic heterocycles. The first kappa shape index (κ1) is 35.0. The Morgan fingerprint density at radius 2 is 1.66 bits per heavy atom. The molecule has 0 spiro atoms. The average molecular weight is 666 g/mol. The molecule has 0 aromatic heterocycles. The van der Waals surface area contributed by atoms with Crippen molar-refractivity contribution in [3.8, 4) is 5.75 Å². The van der Waals surface area contributed by atoms with Crippen LogP contribution in [0.1, 0.15) is 30.9 Å². The molecule has 6 N–H and O–H groups in total. The number of Topliss-reactive ketones (excluding diaryl/α,β-unsaturated/α-hetero) is 2. The van der Waals surface area contributed by atoms with Crippen molar-refractivity contribution >= 4 is 23.2 Å². The van der Waals surface area contributed by atoms with Gasteiger partial charge >= 0.3 is 0 Å². The van der Waals surface area contributed by atoms with Crippen LogP contribution in [0.2, 0.25) is 0 Å². The Kier molecular flexibility index (Phi) is 9.76. The van der Waals surface area contributed by atoms with E-state index in [1.807, 2.05) is 0 Å². The minimum atomic E-state index is -3.10. The lowest BCUT2D eigenvalue weighted by molar-refractivity contribution is -0.758. The molecule has 47 heavy (non-hydrogen) atoms. The maximum absolute atomic E-state index is 14.2. The van der Waals surface area contributed by atoms with Gasteiger partial charge in [-0.2, -0.15) is 0 Å². The summed E-state index contributed by atoms with van der Waals surface area (Å²) in [6.45, 7) is 1.40. The van der Waals surface area contributed by atoms with Crippen LogP contribution in [0.3, 0.4) is 0 Å². The van der Waals surface area contributed by atoms with Crippen LogP contribution in [0.15, 0.2) is 35.1 Å². The molecule has 256 valence electrons. The summed E-state index contributed by atoms with van der Waals surface area (Å²) < 4.78 is 0. The third-order valence-electron chi connectivity index (χ3n) is 9.01. The average Bonchev–Trinajstić information content (AvgIpc) is 2.97. The molecular weight excluding hydrogens is 630 g/mol. The number of amides is 1. The quantitative estimate of drug-likeness (QED) is 0.0689. The van der Waals surface area contributed by atoms with Crippen LogP contribution in [0.4, 0.5) is 0 Å². The zero-order chi connectivity index (χ0) is 35.1. The Hall–Kier alpha value is -4.85.